The molecule has 0 aromatic heterocycles. The number of fused-ring (bicyclic) bond motifs is 3. The van der Waals surface area contributed by atoms with Gasteiger partial charge in [-0.05, 0) is 70.0 Å². The number of halogens is 1. The monoisotopic (exact) mass is 523 g/mol. The van der Waals surface area contributed by atoms with E-state index in [0.29, 0.717) is 11.3 Å². The summed E-state index contributed by atoms with van der Waals surface area (Å²) in [4.78, 5) is 59.3. The van der Waals surface area contributed by atoms with Gasteiger partial charge in [-0.15, -0.1) is 0 Å². The van der Waals surface area contributed by atoms with Crippen LogP contribution in [0.3, 0.4) is 0 Å². The van der Waals surface area contributed by atoms with Crippen LogP contribution in [0.2, 0.25) is 0 Å². The Morgan fingerprint density at radius 2 is 1.59 bits per heavy atom. The highest BCUT2D eigenvalue weighted by atomic mass is 79.9. The predicted molar refractivity (Wildman–Crippen MR) is 130 cm³/mol. The molecule has 0 radical (unpaired) electrons. The van der Waals surface area contributed by atoms with Crippen LogP contribution in [0.15, 0.2) is 53.0 Å². The summed E-state index contributed by atoms with van der Waals surface area (Å²) in [5.74, 6) is -3.00. The molecule has 0 bridgehead atoms. The van der Waals surface area contributed by atoms with Crippen molar-refractivity contribution < 1.29 is 19.2 Å². The zero-order valence-corrected chi connectivity index (χ0v) is 21.3. The summed E-state index contributed by atoms with van der Waals surface area (Å²) in [6.45, 7) is 8.94. The largest absolute Gasteiger partial charge is 0.332 e. The first-order valence-electron chi connectivity index (χ1n) is 11.3. The standard InChI is InChI=1S/C26H26BrN3O4/c1-14-7-6-8-17(13-14)28-23(33)26(5)19-18(21(31)30(22(19)32)25(2,3)4)20(29(26)24(28)34)15-9-11-16(27)12-10-15/h6-13,18-20H,1-5H3/t18?,19?,20?,26-/m1/s1. The Morgan fingerprint density at radius 1 is 0.941 bits per heavy atom. The highest BCUT2D eigenvalue weighted by molar-refractivity contribution is 9.10. The predicted octanol–water partition coefficient (Wildman–Crippen LogP) is 4.44. The molecule has 8 heteroatoms. The van der Waals surface area contributed by atoms with Crippen molar-refractivity contribution in [2.24, 2.45) is 11.8 Å². The van der Waals surface area contributed by atoms with E-state index >= 15 is 0 Å². The van der Waals surface area contributed by atoms with E-state index in [1.165, 1.54) is 9.80 Å². The molecule has 0 N–H and O–H groups in total. The number of benzene rings is 2. The van der Waals surface area contributed by atoms with E-state index in [9.17, 15) is 19.2 Å². The van der Waals surface area contributed by atoms with Gasteiger partial charge in [0.15, 0.2) is 0 Å². The van der Waals surface area contributed by atoms with E-state index in [1.54, 1.807) is 45.9 Å². The third kappa shape index (κ3) is 2.87. The second-order valence-electron chi connectivity index (χ2n) is 10.5. The molecule has 7 nitrogen and oxygen atoms in total. The molecular weight excluding hydrogens is 498 g/mol. The Kier molecular flexibility index (Phi) is 4.86. The average molecular weight is 524 g/mol. The first-order chi connectivity index (χ1) is 15.9. The fourth-order valence-electron chi connectivity index (χ4n) is 5.85. The average Bonchev–Trinajstić information content (AvgIpc) is 3.25. The molecule has 3 saturated heterocycles. The fraction of sp³-hybridized carbons (Fsp3) is 0.385. The molecule has 34 heavy (non-hydrogen) atoms. The molecular formula is C26H26BrN3O4. The molecule has 2 aromatic carbocycles. The SMILES string of the molecule is Cc1cccc(N2C(=O)N3C(c4ccc(Br)cc4)C4C(=O)N(C(C)(C)C)C(=O)C4[C@]3(C)C2=O)c1. The lowest BCUT2D eigenvalue weighted by molar-refractivity contribution is -0.148. The van der Waals surface area contributed by atoms with Gasteiger partial charge < -0.3 is 4.90 Å². The molecule has 5 amide bonds. The fourth-order valence-corrected chi connectivity index (χ4v) is 6.11. The number of rotatable bonds is 2. The van der Waals surface area contributed by atoms with Crippen molar-refractivity contribution in [3.05, 3.63) is 64.1 Å². The minimum absolute atomic E-state index is 0.339. The summed E-state index contributed by atoms with van der Waals surface area (Å²) < 4.78 is 0.851. The number of hydrogen-bond donors (Lipinski definition) is 0. The van der Waals surface area contributed by atoms with Gasteiger partial charge in [-0.2, -0.15) is 0 Å². The molecule has 0 aliphatic carbocycles. The van der Waals surface area contributed by atoms with Gasteiger partial charge in [0.2, 0.25) is 11.8 Å². The summed E-state index contributed by atoms with van der Waals surface area (Å²) in [5, 5.41) is 0. The Bertz CT molecular complexity index is 1250. The van der Waals surface area contributed by atoms with Crippen LogP contribution >= 0.6 is 15.9 Å². The molecule has 2 aromatic rings. The molecule has 5 rings (SSSR count). The summed E-state index contributed by atoms with van der Waals surface area (Å²) >= 11 is 3.43. The van der Waals surface area contributed by atoms with Crippen LogP contribution in [0.25, 0.3) is 0 Å². The summed E-state index contributed by atoms with van der Waals surface area (Å²) in [6, 6.07) is 13.3. The van der Waals surface area contributed by atoms with Crippen LogP contribution in [-0.4, -0.2) is 44.6 Å². The number of carbonyl (C=O) groups excluding carboxylic acids is 4. The summed E-state index contributed by atoms with van der Waals surface area (Å²) in [5.41, 5.74) is -0.141. The van der Waals surface area contributed by atoms with Gasteiger partial charge in [-0.3, -0.25) is 19.3 Å². The number of anilines is 1. The van der Waals surface area contributed by atoms with E-state index in [0.717, 1.165) is 14.9 Å². The number of carbonyl (C=O) groups is 4. The summed E-state index contributed by atoms with van der Waals surface area (Å²) in [7, 11) is 0. The number of nitrogens with zero attached hydrogens (tertiary/aromatic N) is 3. The van der Waals surface area contributed by atoms with E-state index in [1.807, 2.05) is 37.3 Å². The molecule has 3 fully saturated rings. The number of hydrogen-bond acceptors (Lipinski definition) is 4. The molecule has 3 heterocycles. The highest BCUT2D eigenvalue weighted by Gasteiger charge is 2.76. The van der Waals surface area contributed by atoms with Crippen molar-refractivity contribution in [1.29, 1.82) is 0 Å². The van der Waals surface area contributed by atoms with E-state index in [-0.39, 0.29) is 5.91 Å². The Hall–Kier alpha value is -3.00. The maximum atomic E-state index is 14.0. The van der Waals surface area contributed by atoms with Crippen molar-refractivity contribution in [3.63, 3.8) is 0 Å². The number of aryl methyl sites for hydroxylation is 1. The van der Waals surface area contributed by atoms with Crippen molar-refractivity contribution >= 4 is 45.4 Å². The molecule has 4 atom stereocenters. The third-order valence-corrected chi connectivity index (χ3v) is 7.78. The quantitative estimate of drug-likeness (QED) is 0.430. The smallest absolute Gasteiger partial charge is 0.301 e. The van der Waals surface area contributed by atoms with Crippen molar-refractivity contribution in [2.45, 2.75) is 51.7 Å². The second kappa shape index (κ2) is 7.25. The zero-order valence-electron chi connectivity index (χ0n) is 19.7. The molecule has 0 spiro atoms. The van der Waals surface area contributed by atoms with E-state index in [2.05, 4.69) is 15.9 Å². The Morgan fingerprint density at radius 3 is 2.18 bits per heavy atom. The maximum absolute atomic E-state index is 14.0. The lowest BCUT2D eigenvalue weighted by Crippen LogP contribution is -2.54. The van der Waals surface area contributed by atoms with Crippen LogP contribution in [-0.2, 0) is 14.4 Å². The zero-order chi connectivity index (χ0) is 24.7. The van der Waals surface area contributed by atoms with Gasteiger partial charge in [0.25, 0.3) is 5.91 Å². The number of amides is 5. The Balaban J connectivity index is 1.72. The first-order valence-corrected chi connectivity index (χ1v) is 12.1. The molecule has 3 aliphatic rings. The maximum Gasteiger partial charge on any atom is 0.332 e. The molecule has 176 valence electrons. The lowest BCUT2D eigenvalue weighted by atomic mass is 9.80. The van der Waals surface area contributed by atoms with Gasteiger partial charge in [0.1, 0.15) is 5.54 Å². The Labute approximate surface area is 206 Å². The molecule has 0 saturated carbocycles. The first kappa shape index (κ1) is 22.8. The van der Waals surface area contributed by atoms with Crippen LogP contribution in [0.4, 0.5) is 10.5 Å². The van der Waals surface area contributed by atoms with Crippen molar-refractivity contribution in [1.82, 2.24) is 9.80 Å². The number of imide groups is 2. The second-order valence-corrected chi connectivity index (χ2v) is 11.4. The topological polar surface area (TPSA) is 78.0 Å². The van der Waals surface area contributed by atoms with Gasteiger partial charge in [0.05, 0.1) is 23.6 Å². The minimum Gasteiger partial charge on any atom is -0.301 e. The third-order valence-electron chi connectivity index (χ3n) is 7.25. The lowest BCUT2D eigenvalue weighted by Gasteiger charge is -2.36. The van der Waals surface area contributed by atoms with Gasteiger partial charge in [-0.1, -0.05) is 40.2 Å². The van der Waals surface area contributed by atoms with Gasteiger partial charge in [0, 0.05) is 10.0 Å². The number of urea groups is 1. The molecule has 3 aliphatic heterocycles. The van der Waals surface area contributed by atoms with Crippen LogP contribution in [0, 0.1) is 18.8 Å². The van der Waals surface area contributed by atoms with Crippen LogP contribution in [0.5, 0.6) is 0 Å². The minimum atomic E-state index is -1.48. The highest BCUT2D eigenvalue weighted by Crippen LogP contribution is 2.59. The molecule has 3 unspecified atom stereocenters. The number of likely N-dealkylation sites (tertiary alicyclic amines) is 1. The van der Waals surface area contributed by atoms with Crippen molar-refractivity contribution in [3.8, 4) is 0 Å². The normalized spacial score (nSPS) is 28.8. The van der Waals surface area contributed by atoms with Crippen LogP contribution in [0.1, 0.15) is 44.9 Å². The summed E-state index contributed by atoms with van der Waals surface area (Å²) in [6.07, 6.45) is 0. The van der Waals surface area contributed by atoms with E-state index in [4.69, 9.17) is 0 Å². The van der Waals surface area contributed by atoms with Gasteiger partial charge in [-0.25, -0.2) is 9.69 Å². The van der Waals surface area contributed by atoms with Crippen molar-refractivity contribution in [2.75, 3.05) is 4.90 Å². The van der Waals surface area contributed by atoms with Gasteiger partial charge >= 0.3 is 6.03 Å². The van der Waals surface area contributed by atoms with Crippen LogP contribution < -0.4 is 4.90 Å². The van der Waals surface area contributed by atoms with E-state index < -0.39 is 46.8 Å².